The number of aromatic nitrogens is 1. The highest BCUT2D eigenvalue weighted by atomic mass is 35.5. The lowest BCUT2D eigenvalue weighted by Crippen LogP contribution is -2.29. The molecule has 0 bridgehead atoms. The average molecular weight is 543 g/mol. The molecule has 0 aliphatic carbocycles. The maximum absolute atomic E-state index is 13.7. The molecule has 6 nitrogen and oxygen atoms in total. The average Bonchev–Trinajstić information content (AvgIpc) is 3.43. The first kappa shape index (κ1) is 26.6. The summed E-state index contributed by atoms with van der Waals surface area (Å²) in [6, 6.07) is 17.4. The molecule has 0 radical (unpaired) electrons. The zero-order valence-electron chi connectivity index (χ0n) is 22.6. The van der Waals surface area contributed by atoms with Gasteiger partial charge < -0.3 is 14.8 Å². The minimum atomic E-state index is -0.871. The van der Waals surface area contributed by atoms with E-state index in [9.17, 15) is 14.7 Å². The number of ether oxygens (including phenoxy) is 1. The van der Waals surface area contributed by atoms with E-state index in [2.05, 4.69) is 25.8 Å². The third-order valence-electron chi connectivity index (χ3n) is 7.15. The zero-order valence-corrected chi connectivity index (χ0v) is 23.4. The van der Waals surface area contributed by atoms with Crippen LogP contribution in [-0.4, -0.2) is 28.4 Å². The van der Waals surface area contributed by atoms with Gasteiger partial charge in [-0.25, -0.2) is 0 Å². The lowest BCUT2D eigenvalue weighted by Gasteiger charge is -2.26. The van der Waals surface area contributed by atoms with Crippen LogP contribution in [0.4, 0.5) is 5.69 Å². The molecular formula is C32H31ClN2O4. The van der Waals surface area contributed by atoms with Gasteiger partial charge in [-0.15, -0.1) is 0 Å². The Kier molecular flexibility index (Phi) is 6.77. The quantitative estimate of drug-likeness (QED) is 0.156. The van der Waals surface area contributed by atoms with Gasteiger partial charge in [-0.2, -0.15) is 0 Å². The van der Waals surface area contributed by atoms with Crippen LogP contribution >= 0.6 is 11.6 Å². The van der Waals surface area contributed by atoms with Crippen LogP contribution in [0.2, 0.25) is 5.02 Å². The van der Waals surface area contributed by atoms with Gasteiger partial charge in [0, 0.05) is 44.5 Å². The fourth-order valence-electron chi connectivity index (χ4n) is 5.15. The number of fused-ring (bicyclic) bond motifs is 1. The van der Waals surface area contributed by atoms with E-state index in [-0.39, 0.29) is 16.7 Å². The molecule has 1 atom stereocenters. The maximum Gasteiger partial charge on any atom is 0.300 e. The minimum Gasteiger partial charge on any atom is -0.507 e. The number of aliphatic hydroxyl groups excluding tert-OH is 1. The first-order valence-corrected chi connectivity index (χ1v) is 13.3. The molecule has 1 fully saturated rings. The number of amides is 1. The van der Waals surface area contributed by atoms with E-state index in [1.165, 1.54) is 4.90 Å². The third-order valence-corrected chi connectivity index (χ3v) is 7.56. The molecule has 2 heterocycles. The molecular weight excluding hydrogens is 512 g/mol. The second kappa shape index (κ2) is 9.93. The molecule has 2 N–H and O–H groups in total. The fraction of sp³-hybridized carbons (Fsp3) is 0.250. The molecule has 1 unspecified atom stereocenters. The normalized spacial score (nSPS) is 17.3. The third kappa shape index (κ3) is 4.59. The van der Waals surface area contributed by atoms with E-state index < -0.39 is 17.7 Å². The Morgan fingerprint density at radius 1 is 1.08 bits per heavy atom. The van der Waals surface area contributed by atoms with Gasteiger partial charge in [-0.1, -0.05) is 56.6 Å². The molecule has 0 saturated carbocycles. The van der Waals surface area contributed by atoms with Crippen LogP contribution < -0.4 is 9.64 Å². The number of nitrogens with one attached hydrogen (secondary N) is 1. The topological polar surface area (TPSA) is 82.6 Å². The van der Waals surface area contributed by atoms with Gasteiger partial charge in [0.05, 0.1) is 18.2 Å². The van der Waals surface area contributed by atoms with Crippen molar-refractivity contribution in [2.24, 2.45) is 0 Å². The van der Waals surface area contributed by atoms with Crippen LogP contribution in [0.3, 0.4) is 0 Å². The van der Waals surface area contributed by atoms with Crippen molar-refractivity contribution in [3.63, 3.8) is 0 Å². The van der Waals surface area contributed by atoms with Crippen molar-refractivity contribution in [3.05, 3.63) is 99.7 Å². The SMILES string of the molecule is CCOc1ccc(/C(O)=C2\C(=O)C(=O)N(c3ccc(C)c(Cl)c3)C2c2c[nH]c3ccccc23)cc1C(C)(C)C. The van der Waals surface area contributed by atoms with Crippen molar-refractivity contribution in [3.8, 4) is 5.75 Å². The molecule has 1 aliphatic heterocycles. The summed E-state index contributed by atoms with van der Waals surface area (Å²) in [5, 5.41) is 13.1. The molecule has 1 saturated heterocycles. The molecule has 7 heteroatoms. The number of anilines is 1. The molecule has 200 valence electrons. The number of nitrogens with zero attached hydrogens (tertiary/aromatic N) is 1. The highest BCUT2D eigenvalue weighted by Gasteiger charge is 2.48. The number of hydrogen-bond donors (Lipinski definition) is 2. The lowest BCUT2D eigenvalue weighted by molar-refractivity contribution is -0.132. The van der Waals surface area contributed by atoms with Crippen molar-refractivity contribution >= 4 is 45.6 Å². The number of benzene rings is 3. The summed E-state index contributed by atoms with van der Waals surface area (Å²) in [6.45, 7) is 10.5. The van der Waals surface area contributed by atoms with Crippen LogP contribution in [-0.2, 0) is 15.0 Å². The number of rotatable bonds is 5. The summed E-state index contributed by atoms with van der Waals surface area (Å²) in [5.41, 5.74) is 3.94. The van der Waals surface area contributed by atoms with Gasteiger partial charge >= 0.3 is 0 Å². The molecule has 1 amide bonds. The van der Waals surface area contributed by atoms with E-state index in [0.717, 1.165) is 22.0 Å². The second-order valence-corrected chi connectivity index (χ2v) is 11.2. The largest absolute Gasteiger partial charge is 0.507 e. The summed E-state index contributed by atoms with van der Waals surface area (Å²) in [5.74, 6) is -1.01. The van der Waals surface area contributed by atoms with Crippen molar-refractivity contribution in [1.29, 1.82) is 0 Å². The van der Waals surface area contributed by atoms with Crippen molar-refractivity contribution < 1.29 is 19.4 Å². The number of aliphatic hydroxyl groups is 1. The Bertz CT molecular complexity index is 1640. The van der Waals surface area contributed by atoms with Gasteiger partial charge in [-0.3, -0.25) is 14.5 Å². The number of H-pyrrole nitrogens is 1. The van der Waals surface area contributed by atoms with E-state index in [0.29, 0.717) is 34.2 Å². The van der Waals surface area contributed by atoms with E-state index in [4.69, 9.17) is 16.3 Å². The minimum absolute atomic E-state index is 0.0190. The van der Waals surface area contributed by atoms with E-state index in [1.807, 2.05) is 50.2 Å². The monoisotopic (exact) mass is 542 g/mol. The van der Waals surface area contributed by atoms with Crippen LogP contribution in [0.15, 0.2) is 72.4 Å². The Morgan fingerprint density at radius 3 is 2.51 bits per heavy atom. The Morgan fingerprint density at radius 2 is 1.82 bits per heavy atom. The predicted octanol–water partition coefficient (Wildman–Crippen LogP) is 7.45. The van der Waals surface area contributed by atoms with Crippen molar-refractivity contribution in [2.75, 3.05) is 11.5 Å². The zero-order chi connectivity index (χ0) is 28.1. The Balaban J connectivity index is 1.77. The van der Waals surface area contributed by atoms with E-state index >= 15 is 0 Å². The molecule has 5 rings (SSSR count). The number of para-hydroxylation sites is 1. The number of carbonyl (C=O) groups is 2. The number of halogens is 1. The molecule has 1 aromatic heterocycles. The highest BCUT2D eigenvalue weighted by molar-refractivity contribution is 6.52. The predicted molar refractivity (Wildman–Crippen MR) is 156 cm³/mol. The summed E-state index contributed by atoms with van der Waals surface area (Å²) in [7, 11) is 0. The molecule has 0 spiro atoms. The summed E-state index contributed by atoms with van der Waals surface area (Å²) in [6.07, 6.45) is 1.79. The number of aromatic amines is 1. The van der Waals surface area contributed by atoms with Gasteiger partial charge in [0.25, 0.3) is 11.7 Å². The lowest BCUT2D eigenvalue weighted by atomic mass is 9.84. The number of Topliss-reactive ketones (excluding diaryl/α,β-unsaturated/α-hetero) is 1. The van der Waals surface area contributed by atoms with Crippen LogP contribution in [0, 0.1) is 6.92 Å². The smallest absolute Gasteiger partial charge is 0.300 e. The Labute approximate surface area is 232 Å². The standard InChI is InChI=1S/C32H31ClN2O4/c1-6-39-26-14-12-19(15-23(26)32(3,4)5)29(36)27-28(22-17-34-25-10-8-7-9-21(22)25)35(31(38)30(27)37)20-13-11-18(2)24(33)16-20/h7-17,28,34,36H,6H2,1-5H3/b29-27+. The second-order valence-electron chi connectivity index (χ2n) is 10.8. The van der Waals surface area contributed by atoms with Gasteiger partial charge in [0.15, 0.2) is 0 Å². The maximum atomic E-state index is 13.7. The number of ketones is 1. The van der Waals surface area contributed by atoms with Crippen LogP contribution in [0.25, 0.3) is 16.7 Å². The number of carbonyl (C=O) groups excluding carboxylic acids is 2. The highest BCUT2D eigenvalue weighted by Crippen LogP contribution is 2.45. The number of hydrogen-bond acceptors (Lipinski definition) is 4. The molecule has 3 aromatic carbocycles. The van der Waals surface area contributed by atoms with Crippen molar-refractivity contribution in [2.45, 2.75) is 46.1 Å². The molecule has 39 heavy (non-hydrogen) atoms. The van der Waals surface area contributed by atoms with Crippen molar-refractivity contribution in [1.82, 2.24) is 4.98 Å². The summed E-state index contributed by atoms with van der Waals surface area (Å²) < 4.78 is 5.84. The fourth-order valence-corrected chi connectivity index (χ4v) is 5.32. The summed E-state index contributed by atoms with van der Waals surface area (Å²) in [4.78, 5) is 32.0. The molecule has 4 aromatic rings. The van der Waals surface area contributed by atoms with Gasteiger partial charge in [-0.05, 0) is 61.2 Å². The first-order valence-electron chi connectivity index (χ1n) is 12.9. The molecule has 1 aliphatic rings. The van der Waals surface area contributed by atoms with E-state index in [1.54, 1.807) is 30.5 Å². The van der Waals surface area contributed by atoms with Gasteiger partial charge in [0.2, 0.25) is 0 Å². The van der Waals surface area contributed by atoms with Crippen LogP contribution in [0.1, 0.15) is 56.0 Å². The van der Waals surface area contributed by atoms with Crippen LogP contribution in [0.5, 0.6) is 5.75 Å². The number of aryl methyl sites for hydroxylation is 1. The summed E-state index contributed by atoms with van der Waals surface area (Å²) >= 11 is 6.44. The first-order chi connectivity index (χ1) is 18.5. The van der Waals surface area contributed by atoms with Gasteiger partial charge in [0.1, 0.15) is 11.5 Å². The Hall–Kier alpha value is -4.03.